The fraction of sp³-hybridized carbons (Fsp3) is 0.276. The normalized spacial score (nSPS) is 20.7. The molecule has 1 aliphatic carbocycles. The number of nitrogen functional groups attached to an aromatic ring is 1. The molecule has 1 saturated carbocycles. The van der Waals surface area contributed by atoms with Crippen LogP contribution in [-0.4, -0.2) is 61.0 Å². The third-order valence-corrected chi connectivity index (χ3v) is 7.76. The van der Waals surface area contributed by atoms with Crippen LogP contribution in [0.25, 0.3) is 22.3 Å². The number of nitrogens with two attached hydrogens (primary N) is 1. The van der Waals surface area contributed by atoms with Crippen molar-refractivity contribution in [3.63, 3.8) is 0 Å². The van der Waals surface area contributed by atoms with Gasteiger partial charge in [0.15, 0.2) is 0 Å². The molecule has 10 nitrogen and oxygen atoms in total. The minimum atomic E-state index is -1.09. The molecule has 3 heterocycles. The third-order valence-electron chi connectivity index (χ3n) is 7.59. The van der Waals surface area contributed by atoms with Crippen molar-refractivity contribution < 1.29 is 19.7 Å². The summed E-state index contributed by atoms with van der Waals surface area (Å²) in [6, 6.07) is 16.9. The van der Waals surface area contributed by atoms with E-state index in [0.29, 0.717) is 46.8 Å². The summed E-state index contributed by atoms with van der Waals surface area (Å²) in [6.45, 7) is 0.608. The maximum absolute atomic E-state index is 11.3. The van der Waals surface area contributed by atoms with Gasteiger partial charge in [-0.3, -0.25) is 4.68 Å². The lowest BCUT2D eigenvalue weighted by atomic mass is 9.95. The van der Waals surface area contributed by atoms with E-state index in [2.05, 4.69) is 9.97 Å². The summed E-state index contributed by atoms with van der Waals surface area (Å²) < 4.78 is 14.5. The number of fused-ring (bicyclic) bond motifs is 1. The number of nitrogens with zero attached hydrogens (tertiary/aromatic N) is 5. The van der Waals surface area contributed by atoms with Crippen LogP contribution in [0.1, 0.15) is 29.5 Å². The van der Waals surface area contributed by atoms with E-state index < -0.39 is 18.2 Å². The topological polar surface area (TPSA) is 133 Å². The van der Waals surface area contributed by atoms with E-state index >= 15 is 0 Å². The first-order chi connectivity index (χ1) is 19.4. The lowest BCUT2D eigenvalue weighted by Crippen LogP contribution is -2.29. The molecule has 206 valence electrons. The SMILES string of the molecule is COc1cc(OC)cc([C@H]2C[C@@H](n3cc(-c4ccn(Cc5ccccc5)n4)c4c(N)nc(Cl)nc43)[C@H](O)[C@@H]2O)c1. The van der Waals surface area contributed by atoms with E-state index in [1.54, 1.807) is 20.3 Å². The highest BCUT2D eigenvalue weighted by Gasteiger charge is 2.44. The lowest BCUT2D eigenvalue weighted by molar-refractivity contribution is 0.0178. The summed E-state index contributed by atoms with van der Waals surface area (Å²) in [6.07, 6.45) is 2.06. The zero-order valence-corrected chi connectivity index (χ0v) is 22.7. The van der Waals surface area contributed by atoms with Crippen LogP contribution in [0.15, 0.2) is 67.0 Å². The molecule has 0 amide bonds. The summed E-state index contributed by atoms with van der Waals surface area (Å²) in [5.41, 5.74) is 10.1. The van der Waals surface area contributed by atoms with Crippen molar-refractivity contribution in [2.24, 2.45) is 0 Å². The highest BCUT2D eigenvalue weighted by Crippen LogP contribution is 2.46. The average molecular weight is 561 g/mol. The van der Waals surface area contributed by atoms with Gasteiger partial charge in [0, 0.05) is 29.9 Å². The number of rotatable bonds is 7. The molecule has 6 rings (SSSR count). The Kier molecular flexibility index (Phi) is 6.83. The van der Waals surface area contributed by atoms with Crippen LogP contribution in [0.4, 0.5) is 5.82 Å². The molecule has 0 aliphatic heterocycles. The molecule has 11 heteroatoms. The maximum Gasteiger partial charge on any atom is 0.226 e. The molecule has 4 N–H and O–H groups in total. The predicted molar refractivity (Wildman–Crippen MR) is 152 cm³/mol. The van der Waals surface area contributed by atoms with Gasteiger partial charge in [-0.05, 0) is 47.3 Å². The second-order valence-electron chi connectivity index (χ2n) is 9.95. The van der Waals surface area contributed by atoms with Gasteiger partial charge in [-0.1, -0.05) is 30.3 Å². The van der Waals surface area contributed by atoms with Gasteiger partial charge in [0.2, 0.25) is 5.28 Å². The Hall–Kier alpha value is -4.12. The van der Waals surface area contributed by atoms with E-state index in [9.17, 15) is 10.2 Å². The second-order valence-corrected chi connectivity index (χ2v) is 10.3. The van der Waals surface area contributed by atoms with Gasteiger partial charge in [-0.2, -0.15) is 10.1 Å². The number of methoxy groups -OCH3 is 2. The van der Waals surface area contributed by atoms with Crippen molar-refractivity contribution in [3.05, 3.63) is 83.4 Å². The van der Waals surface area contributed by atoms with Crippen LogP contribution < -0.4 is 15.2 Å². The Morgan fingerprint density at radius 2 is 1.73 bits per heavy atom. The standard InChI is InChI=1S/C29H29ClN6O4/c1-39-18-10-17(11-19(12-18)40-2)20-13-23(26(38)25(20)37)36-15-21(24-27(31)32-29(30)33-28(24)36)22-8-9-35(34-22)14-16-6-4-3-5-7-16/h3-12,15,20,23,25-26,37-38H,13-14H2,1-2H3,(H2,31,32,33)/t20-,23-,25-,26+/m1/s1. The molecule has 2 aromatic carbocycles. The van der Waals surface area contributed by atoms with Gasteiger partial charge in [-0.15, -0.1) is 0 Å². The maximum atomic E-state index is 11.3. The summed E-state index contributed by atoms with van der Waals surface area (Å²) in [5, 5.41) is 27.8. The summed E-state index contributed by atoms with van der Waals surface area (Å²) >= 11 is 6.23. The molecule has 40 heavy (non-hydrogen) atoms. The molecule has 5 aromatic rings. The quantitative estimate of drug-likeness (QED) is 0.254. The Labute approximate surface area is 235 Å². The number of benzene rings is 2. The molecule has 1 fully saturated rings. The van der Waals surface area contributed by atoms with Crippen molar-refractivity contribution in [1.82, 2.24) is 24.3 Å². The molecule has 0 saturated heterocycles. The number of hydrogen-bond donors (Lipinski definition) is 3. The molecule has 4 atom stereocenters. The summed E-state index contributed by atoms with van der Waals surface area (Å²) in [4.78, 5) is 8.67. The van der Waals surface area contributed by atoms with Gasteiger partial charge >= 0.3 is 0 Å². The Morgan fingerprint density at radius 1 is 1.00 bits per heavy atom. The predicted octanol–water partition coefficient (Wildman–Crippen LogP) is 4.05. The molecule has 0 unspecified atom stereocenters. The third kappa shape index (κ3) is 4.64. The molecule has 0 bridgehead atoms. The smallest absolute Gasteiger partial charge is 0.226 e. The van der Waals surface area contributed by atoms with Crippen molar-refractivity contribution in [2.75, 3.05) is 20.0 Å². The molecule has 3 aromatic heterocycles. The number of aliphatic hydroxyl groups excluding tert-OH is 2. The van der Waals surface area contributed by atoms with Crippen LogP contribution in [0.5, 0.6) is 11.5 Å². The van der Waals surface area contributed by atoms with Crippen molar-refractivity contribution in [3.8, 4) is 22.8 Å². The van der Waals surface area contributed by atoms with Crippen LogP contribution in [0.3, 0.4) is 0 Å². The van der Waals surface area contributed by atoms with Crippen LogP contribution >= 0.6 is 11.6 Å². The number of anilines is 1. The van der Waals surface area contributed by atoms with E-state index in [-0.39, 0.29) is 17.0 Å². The average Bonchev–Trinajstić information content (AvgIpc) is 3.65. The minimum absolute atomic E-state index is 0.00683. The monoisotopic (exact) mass is 560 g/mol. The van der Waals surface area contributed by atoms with Crippen molar-refractivity contribution in [2.45, 2.75) is 37.1 Å². The van der Waals surface area contributed by atoms with Crippen molar-refractivity contribution in [1.29, 1.82) is 0 Å². The molecular formula is C29H29ClN6O4. The first-order valence-electron chi connectivity index (χ1n) is 12.9. The lowest BCUT2D eigenvalue weighted by Gasteiger charge is -2.19. The fourth-order valence-corrected chi connectivity index (χ4v) is 5.79. The Bertz CT molecular complexity index is 1650. The van der Waals surface area contributed by atoms with Gasteiger partial charge in [0.1, 0.15) is 29.1 Å². The van der Waals surface area contributed by atoms with E-state index in [0.717, 1.165) is 11.1 Å². The number of halogens is 1. The first-order valence-corrected chi connectivity index (χ1v) is 13.2. The molecular weight excluding hydrogens is 532 g/mol. The molecule has 0 spiro atoms. The van der Waals surface area contributed by atoms with E-state index in [1.165, 1.54) is 0 Å². The highest BCUT2D eigenvalue weighted by atomic mass is 35.5. The molecule has 0 radical (unpaired) electrons. The number of aromatic nitrogens is 5. The van der Waals surface area contributed by atoms with Gasteiger partial charge in [0.05, 0.1) is 44.0 Å². The van der Waals surface area contributed by atoms with E-state index in [1.807, 2.05) is 70.2 Å². The van der Waals surface area contributed by atoms with Crippen LogP contribution in [0.2, 0.25) is 5.28 Å². The van der Waals surface area contributed by atoms with Gasteiger partial charge in [-0.25, -0.2) is 4.98 Å². The van der Waals surface area contributed by atoms with E-state index in [4.69, 9.17) is 31.9 Å². The highest BCUT2D eigenvalue weighted by molar-refractivity contribution is 6.29. The number of aliphatic hydroxyl groups is 2. The fourth-order valence-electron chi connectivity index (χ4n) is 5.62. The zero-order valence-electron chi connectivity index (χ0n) is 22.0. The second kappa shape index (κ2) is 10.5. The number of ether oxygens (including phenoxy) is 2. The van der Waals surface area contributed by atoms with Crippen LogP contribution in [0, 0.1) is 0 Å². The number of hydrogen-bond acceptors (Lipinski definition) is 8. The van der Waals surface area contributed by atoms with Crippen molar-refractivity contribution >= 4 is 28.5 Å². The largest absolute Gasteiger partial charge is 0.497 e. The zero-order chi connectivity index (χ0) is 28.0. The Morgan fingerprint density at radius 3 is 2.42 bits per heavy atom. The summed E-state index contributed by atoms with van der Waals surface area (Å²) in [5.74, 6) is 1.03. The summed E-state index contributed by atoms with van der Waals surface area (Å²) in [7, 11) is 3.15. The minimum Gasteiger partial charge on any atom is -0.497 e. The van der Waals surface area contributed by atoms with Gasteiger partial charge < -0.3 is 30.0 Å². The van der Waals surface area contributed by atoms with Gasteiger partial charge in [0.25, 0.3) is 0 Å². The Balaban J connectivity index is 1.40. The molecule has 1 aliphatic rings. The van der Waals surface area contributed by atoms with Crippen LogP contribution in [-0.2, 0) is 6.54 Å². The first kappa shape index (κ1) is 26.1.